The van der Waals surface area contributed by atoms with E-state index >= 15 is 0 Å². The maximum atomic E-state index is 13.3. The zero-order chi connectivity index (χ0) is 23.8. The van der Waals surface area contributed by atoms with Crippen molar-refractivity contribution in [3.8, 4) is 11.1 Å². The Morgan fingerprint density at radius 2 is 1.49 bits per heavy atom. The summed E-state index contributed by atoms with van der Waals surface area (Å²) in [5.74, 6) is 0.184. The Bertz CT molecular complexity index is 1550. The molecular weight excluding hydrogens is 436 g/mol. The van der Waals surface area contributed by atoms with Gasteiger partial charge in [0.1, 0.15) is 0 Å². The SMILES string of the molecule is O=C(Nc1n[nH]c2c1CN(C(=O)c1cccc3ccccc13)C2)c1ccc(-c2ccccc2)cc1. The maximum absolute atomic E-state index is 13.3. The van der Waals surface area contributed by atoms with Crippen LogP contribution in [0.2, 0.25) is 0 Å². The van der Waals surface area contributed by atoms with Crippen molar-refractivity contribution in [3.63, 3.8) is 0 Å². The van der Waals surface area contributed by atoms with E-state index in [9.17, 15) is 9.59 Å². The van der Waals surface area contributed by atoms with Gasteiger partial charge in [-0.1, -0.05) is 78.9 Å². The largest absolute Gasteiger partial charge is 0.328 e. The van der Waals surface area contributed by atoms with Gasteiger partial charge in [0.25, 0.3) is 11.8 Å². The Balaban J connectivity index is 1.18. The van der Waals surface area contributed by atoms with E-state index in [4.69, 9.17) is 0 Å². The lowest BCUT2D eigenvalue weighted by atomic mass is 10.0. The molecule has 5 aromatic rings. The van der Waals surface area contributed by atoms with Crippen LogP contribution in [0.15, 0.2) is 97.1 Å². The van der Waals surface area contributed by atoms with Crippen molar-refractivity contribution in [1.82, 2.24) is 15.1 Å². The predicted octanol–water partition coefficient (Wildman–Crippen LogP) is 5.64. The fourth-order valence-electron chi connectivity index (χ4n) is 4.59. The molecule has 2 N–H and O–H groups in total. The lowest BCUT2D eigenvalue weighted by molar-refractivity contribution is 0.0751. The number of aromatic nitrogens is 2. The van der Waals surface area contributed by atoms with Gasteiger partial charge in [0.05, 0.1) is 18.8 Å². The number of nitrogens with zero attached hydrogens (tertiary/aromatic N) is 2. The Kier molecular flexibility index (Phi) is 5.11. The lowest BCUT2D eigenvalue weighted by Gasteiger charge is -2.17. The van der Waals surface area contributed by atoms with Crippen molar-refractivity contribution in [2.75, 3.05) is 5.32 Å². The average molecular weight is 459 g/mol. The molecule has 35 heavy (non-hydrogen) atoms. The van der Waals surface area contributed by atoms with Gasteiger partial charge >= 0.3 is 0 Å². The third-order valence-corrected chi connectivity index (χ3v) is 6.44. The first kappa shape index (κ1) is 20.9. The van der Waals surface area contributed by atoms with Crippen molar-refractivity contribution >= 4 is 28.4 Å². The monoisotopic (exact) mass is 458 g/mol. The number of benzene rings is 4. The molecular formula is C29H22N4O2. The number of H-pyrrole nitrogens is 1. The lowest BCUT2D eigenvalue weighted by Crippen LogP contribution is -2.26. The van der Waals surface area contributed by atoms with Crippen LogP contribution in [0.25, 0.3) is 21.9 Å². The number of aromatic amines is 1. The molecule has 0 aliphatic carbocycles. The molecule has 4 aromatic carbocycles. The Morgan fingerprint density at radius 3 is 2.31 bits per heavy atom. The minimum atomic E-state index is -0.238. The Hall–Kier alpha value is -4.71. The highest BCUT2D eigenvalue weighted by Gasteiger charge is 2.30. The summed E-state index contributed by atoms with van der Waals surface area (Å²) in [5, 5.41) is 12.1. The van der Waals surface area contributed by atoms with Gasteiger partial charge in [0.2, 0.25) is 0 Å². The fraction of sp³-hybridized carbons (Fsp3) is 0.0690. The molecule has 6 rings (SSSR count). The molecule has 1 aliphatic rings. The summed E-state index contributed by atoms with van der Waals surface area (Å²) in [4.78, 5) is 28.0. The van der Waals surface area contributed by atoms with Crippen molar-refractivity contribution in [2.45, 2.75) is 13.1 Å². The number of rotatable bonds is 4. The molecule has 1 aromatic heterocycles. The molecule has 0 saturated carbocycles. The van der Waals surface area contributed by atoms with Gasteiger partial charge < -0.3 is 10.2 Å². The number of carbonyl (C=O) groups is 2. The van der Waals surface area contributed by atoms with Crippen LogP contribution in [-0.4, -0.2) is 26.9 Å². The number of carbonyl (C=O) groups excluding carboxylic acids is 2. The summed E-state index contributed by atoms with van der Waals surface area (Å²) in [6.45, 7) is 0.808. The molecule has 2 heterocycles. The van der Waals surface area contributed by atoms with Crippen molar-refractivity contribution in [1.29, 1.82) is 0 Å². The van der Waals surface area contributed by atoms with Gasteiger partial charge in [-0.15, -0.1) is 0 Å². The number of fused-ring (bicyclic) bond motifs is 2. The smallest absolute Gasteiger partial charge is 0.256 e. The number of hydrogen-bond acceptors (Lipinski definition) is 3. The quantitative estimate of drug-likeness (QED) is 0.366. The second kappa shape index (κ2) is 8.57. The summed E-state index contributed by atoms with van der Waals surface area (Å²) in [5.41, 5.74) is 5.04. The zero-order valence-corrected chi connectivity index (χ0v) is 18.9. The number of hydrogen-bond donors (Lipinski definition) is 2. The van der Waals surface area contributed by atoms with E-state index < -0.39 is 0 Å². The van der Waals surface area contributed by atoms with Crippen LogP contribution in [0.3, 0.4) is 0 Å². The Labute approximate surface area is 202 Å². The minimum absolute atomic E-state index is 0.0415. The van der Waals surface area contributed by atoms with Crippen LogP contribution in [-0.2, 0) is 13.1 Å². The first-order chi connectivity index (χ1) is 17.2. The third kappa shape index (κ3) is 3.85. The van der Waals surface area contributed by atoms with Gasteiger partial charge in [-0.3, -0.25) is 14.7 Å². The number of nitrogens with one attached hydrogen (secondary N) is 2. The van der Waals surface area contributed by atoms with Gasteiger partial charge in [0, 0.05) is 16.7 Å². The molecule has 1 aliphatic heterocycles. The highest BCUT2D eigenvalue weighted by Crippen LogP contribution is 2.30. The summed E-state index contributed by atoms with van der Waals surface area (Å²) < 4.78 is 0. The van der Waals surface area contributed by atoms with Crippen LogP contribution in [0.5, 0.6) is 0 Å². The molecule has 6 heteroatoms. The topological polar surface area (TPSA) is 78.1 Å². The molecule has 2 amide bonds. The van der Waals surface area contributed by atoms with Crippen LogP contribution in [0.4, 0.5) is 5.82 Å². The minimum Gasteiger partial charge on any atom is -0.328 e. The van der Waals surface area contributed by atoms with E-state index in [1.807, 2.05) is 84.9 Å². The summed E-state index contributed by atoms with van der Waals surface area (Å²) >= 11 is 0. The van der Waals surface area contributed by atoms with E-state index in [1.54, 1.807) is 17.0 Å². The predicted molar refractivity (Wildman–Crippen MR) is 136 cm³/mol. The molecule has 0 radical (unpaired) electrons. The van der Waals surface area contributed by atoms with Crippen molar-refractivity contribution in [3.05, 3.63) is 119 Å². The third-order valence-electron chi connectivity index (χ3n) is 6.44. The average Bonchev–Trinajstić information content (AvgIpc) is 3.50. The van der Waals surface area contributed by atoms with E-state index in [0.29, 0.717) is 30.0 Å². The molecule has 0 atom stereocenters. The Morgan fingerprint density at radius 1 is 0.771 bits per heavy atom. The van der Waals surface area contributed by atoms with Gasteiger partial charge in [-0.2, -0.15) is 5.10 Å². The molecule has 0 fully saturated rings. The standard InChI is InChI=1S/C29H22N4O2/c34-28(22-15-13-20(14-16-22)19-7-2-1-3-8-19)30-27-25-17-33(18-26(25)31-32-27)29(35)24-12-6-10-21-9-4-5-11-23(21)24/h1-16H,17-18H2,(H2,30,31,32,34). The summed E-state index contributed by atoms with van der Waals surface area (Å²) in [7, 11) is 0. The maximum Gasteiger partial charge on any atom is 0.256 e. The summed E-state index contributed by atoms with van der Waals surface area (Å²) in [6.07, 6.45) is 0. The molecule has 6 nitrogen and oxygen atoms in total. The van der Waals surface area contributed by atoms with Crippen LogP contribution in [0, 0.1) is 0 Å². The van der Waals surface area contributed by atoms with E-state index in [2.05, 4.69) is 15.5 Å². The first-order valence-electron chi connectivity index (χ1n) is 11.5. The van der Waals surface area contributed by atoms with Gasteiger partial charge in [-0.05, 0) is 40.1 Å². The first-order valence-corrected chi connectivity index (χ1v) is 11.5. The molecule has 0 saturated heterocycles. The van der Waals surface area contributed by atoms with Gasteiger partial charge in [-0.25, -0.2) is 0 Å². The van der Waals surface area contributed by atoms with Crippen molar-refractivity contribution < 1.29 is 9.59 Å². The van der Waals surface area contributed by atoms with Crippen LogP contribution < -0.4 is 5.32 Å². The number of anilines is 1. The van der Waals surface area contributed by atoms with E-state index in [-0.39, 0.29) is 11.8 Å². The molecule has 170 valence electrons. The van der Waals surface area contributed by atoms with E-state index in [0.717, 1.165) is 33.2 Å². The second-order valence-electron chi connectivity index (χ2n) is 8.61. The highest BCUT2D eigenvalue weighted by molar-refractivity contribution is 6.07. The van der Waals surface area contributed by atoms with Gasteiger partial charge in [0.15, 0.2) is 5.82 Å². The summed E-state index contributed by atoms with van der Waals surface area (Å²) in [6, 6.07) is 31.1. The fourth-order valence-corrected chi connectivity index (χ4v) is 4.59. The highest BCUT2D eigenvalue weighted by atomic mass is 16.2. The van der Waals surface area contributed by atoms with Crippen LogP contribution >= 0.6 is 0 Å². The number of amides is 2. The van der Waals surface area contributed by atoms with Crippen molar-refractivity contribution in [2.24, 2.45) is 0 Å². The zero-order valence-electron chi connectivity index (χ0n) is 18.9. The normalized spacial score (nSPS) is 12.5. The van der Waals surface area contributed by atoms with E-state index in [1.165, 1.54) is 0 Å². The molecule has 0 unspecified atom stereocenters. The molecule has 0 bridgehead atoms. The second-order valence-corrected chi connectivity index (χ2v) is 8.61. The molecule has 0 spiro atoms. The van der Waals surface area contributed by atoms with Crippen LogP contribution in [0.1, 0.15) is 32.0 Å².